The topological polar surface area (TPSA) is 119 Å². The number of aryl methyl sites for hydroxylation is 1. The highest BCUT2D eigenvalue weighted by molar-refractivity contribution is 6.05. The van der Waals surface area contributed by atoms with Crippen LogP contribution in [0.15, 0.2) is 54.6 Å². The number of aromatic nitrogens is 2. The third-order valence-corrected chi connectivity index (χ3v) is 5.22. The first kappa shape index (κ1) is 20.3. The Morgan fingerprint density at radius 3 is 2.48 bits per heavy atom. The van der Waals surface area contributed by atoms with E-state index in [1.54, 1.807) is 49.4 Å². The molecule has 1 aromatic heterocycles. The number of nitrogens with one attached hydrogen (secondary N) is 2. The first-order valence-corrected chi connectivity index (χ1v) is 9.85. The van der Waals surface area contributed by atoms with Gasteiger partial charge in [0.05, 0.1) is 16.3 Å². The minimum absolute atomic E-state index is 0.0299. The van der Waals surface area contributed by atoms with Crippen molar-refractivity contribution in [2.24, 2.45) is 11.8 Å². The van der Waals surface area contributed by atoms with E-state index < -0.39 is 4.92 Å². The fourth-order valence-electron chi connectivity index (χ4n) is 3.35. The van der Waals surface area contributed by atoms with Gasteiger partial charge in [0.25, 0.3) is 11.6 Å². The number of hydrogen-bond acceptors (Lipinski definition) is 5. The summed E-state index contributed by atoms with van der Waals surface area (Å²) in [5.41, 5.74) is 2.17. The fraction of sp³-hybridized carbons (Fsp3) is 0.227. The van der Waals surface area contributed by atoms with E-state index in [-0.39, 0.29) is 23.4 Å². The van der Waals surface area contributed by atoms with Gasteiger partial charge in [0.1, 0.15) is 5.82 Å². The molecule has 0 spiro atoms. The fourth-order valence-corrected chi connectivity index (χ4v) is 3.35. The van der Waals surface area contributed by atoms with Gasteiger partial charge in [0, 0.05) is 35.4 Å². The summed E-state index contributed by atoms with van der Waals surface area (Å²) in [4.78, 5) is 35.4. The zero-order valence-electron chi connectivity index (χ0n) is 17.0. The molecule has 9 nitrogen and oxygen atoms in total. The number of carbonyl (C=O) groups excluding carboxylic acids is 2. The van der Waals surface area contributed by atoms with Crippen molar-refractivity contribution >= 4 is 29.0 Å². The Bertz CT molecular complexity index is 1170. The van der Waals surface area contributed by atoms with Crippen molar-refractivity contribution in [2.45, 2.75) is 20.3 Å². The zero-order valence-corrected chi connectivity index (χ0v) is 17.0. The Balaban J connectivity index is 1.52. The van der Waals surface area contributed by atoms with Gasteiger partial charge in [-0.25, -0.2) is 4.68 Å². The minimum atomic E-state index is -0.476. The molecule has 1 aliphatic carbocycles. The van der Waals surface area contributed by atoms with Crippen LogP contribution in [0, 0.1) is 28.9 Å². The smallest absolute Gasteiger partial charge is 0.269 e. The number of amides is 2. The Hall–Kier alpha value is -4.01. The Kier molecular flexibility index (Phi) is 5.24. The van der Waals surface area contributed by atoms with Crippen molar-refractivity contribution in [3.8, 4) is 5.69 Å². The molecule has 3 aromatic rings. The van der Waals surface area contributed by atoms with E-state index in [2.05, 4.69) is 15.7 Å². The number of anilines is 2. The maximum absolute atomic E-state index is 12.8. The van der Waals surface area contributed by atoms with Gasteiger partial charge < -0.3 is 10.6 Å². The molecule has 2 atom stereocenters. The third-order valence-electron chi connectivity index (χ3n) is 5.22. The molecule has 1 aliphatic rings. The average molecular weight is 419 g/mol. The molecule has 0 bridgehead atoms. The predicted octanol–water partition coefficient (Wildman–Crippen LogP) is 3.94. The van der Waals surface area contributed by atoms with Crippen molar-refractivity contribution in [1.82, 2.24) is 9.78 Å². The Labute approximate surface area is 178 Å². The van der Waals surface area contributed by atoms with Crippen molar-refractivity contribution in [3.63, 3.8) is 0 Å². The van der Waals surface area contributed by atoms with E-state index in [0.29, 0.717) is 34.4 Å². The second-order valence-corrected chi connectivity index (χ2v) is 7.70. The molecule has 0 aliphatic heterocycles. The predicted molar refractivity (Wildman–Crippen MR) is 115 cm³/mol. The van der Waals surface area contributed by atoms with Gasteiger partial charge in [-0.1, -0.05) is 13.0 Å². The molecular formula is C22H21N5O4. The lowest BCUT2D eigenvalue weighted by molar-refractivity contribution is -0.384. The summed E-state index contributed by atoms with van der Waals surface area (Å²) >= 11 is 0. The van der Waals surface area contributed by atoms with E-state index in [1.165, 1.54) is 16.8 Å². The number of carbonyl (C=O) groups is 2. The molecule has 2 N–H and O–H groups in total. The van der Waals surface area contributed by atoms with Gasteiger partial charge in [-0.2, -0.15) is 5.10 Å². The molecule has 2 unspecified atom stereocenters. The van der Waals surface area contributed by atoms with Crippen LogP contribution < -0.4 is 10.6 Å². The highest BCUT2D eigenvalue weighted by atomic mass is 16.6. The molecule has 1 heterocycles. The van der Waals surface area contributed by atoms with Crippen LogP contribution in [0.1, 0.15) is 29.4 Å². The molecule has 4 rings (SSSR count). The lowest BCUT2D eigenvalue weighted by Crippen LogP contribution is -2.17. The number of non-ortho nitro benzene ring substituents is 1. The minimum Gasteiger partial charge on any atom is -0.326 e. The SMILES string of the molecule is Cc1cc(NC(=O)c2cccc(NC(=O)C3CC3C)c2)n(-c2ccc([N+](=O)[O-])cc2)n1. The third kappa shape index (κ3) is 4.45. The summed E-state index contributed by atoms with van der Waals surface area (Å²) < 4.78 is 1.51. The monoisotopic (exact) mass is 419 g/mol. The first-order valence-electron chi connectivity index (χ1n) is 9.85. The maximum Gasteiger partial charge on any atom is 0.269 e. The summed E-state index contributed by atoms with van der Waals surface area (Å²) in [5, 5.41) is 20.9. The average Bonchev–Trinajstić information content (AvgIpc) is 3.37. The van der Waals surface area contributed by atoms with Crippen LogP contribution in [0.25, 0.3) is 5.69 Å². The van der Waals surface area contributed by atoms with E-state index in [0.717, 1.165) is 6.42 Å². The standard InChI is InChI=1S/C22H21N5O4/c1-13-10-19(13)22(29)23-16-5-3-4-15(12-16)21(28)24-20-11-14(2)25-26(20)17-6-8-18(9-7-17)27(30)31/h3-9,11-13,19H,10H2,1-2H3,(H,23,29)(H,24,28). The first-order chi connectivity index (χ1) is 14.8. The van der Waals surface area contributed by atoms with Crippen LogP contribution in [-0.2, 0) is 4.79 Å². The number of hydrogen-bond donors (Lipinski definition) is 2. The van der Waals surface area contributed by atoms with Gasteiger partial charge in [-0.3, -0.25) is 19.7 Å². The van der Waals surface area contributed by atoms with Crippen molar-refractivity contribution < 1.29 is 14.5 Å². The lowest BCUT2D eigenvalue weighted by atomic mass is 10.2. The van der Waals surface area contributed by atoms with Crippen LogP contribution in [-0.4, -0.2) is 26.5 Å². The summed E-state index contributed by atoms with van der Waals surface area (Å²) in [6, 6.07) is 14.3. The number of benzene rings is 2. The van der Waals surface area contributed by atoms with E-state index in [1.807, 2.05) is 6.92 Å². The second kappa shape index (κ2) is 8.02. The molecule has 1 fully saturated rings. The highest BCUT2D eigenvalue weighted by Crippen LogP contribution is 2.38. The van der Waals surface area contributed by atoms with Crippen LogP contribution in [0.2, 0.25) is 0 Å². The molecule has 2 amide bonds. The van der Waals surface area contributed by atoms with E-state index in [4.69, 9.17) is 0 Å². The number of nitrogens with zero attached hydrogens (tertiary/aromatic N) is 3. The van der Waals surface area contributed by atoms with Gasteiger partial charge in [-0.15, -0.1) is 0 Å². The van der Waals surface area contributed by atoms with Gasteiger partial charge in [0.15, 0.2) is 0 Å². The van der Waals surface area contributed by atoms with Gasteiger partial charge in [-0.05, 0) is 49.6 Å². The Morgan fingerprint density at radius 2 is 1.84 bits per heavy atom. The quantitative estimate of drug-likeness (QED) is 0.463. The number of nitro benzene ring substituents is 1. The second-order valence-electron chi connectivity index (χ2n) is 7.70. The summed E-state index contributed by atoms with van der Waals surface area (Å²) in [7, 11) is 0. The maximum atomic E-state index is 12.8. The Morgan fingerprint density at radius 1 is 1.13 bits per heavy atom. The molecule has 0 saturated heterocycles. The molecule has 158 valence electrons. The largest absolute Gasteiger partial charge is 0.326 e. The lowest BCUT2D eigenvalue weighted by Gasteiger charge is -2.10. The van der Waals surface area contributed by atoms with Crippen LogP contribution >= 0.6 is 0 Å². The molecule has 2 aromatic carbocycles. The molecular weight excluding hydrogens is 398 g/mol. The van der Waals surface area contributed by atoms with E-state index >= 15 is 0 Å². The summed E-state index contributed by atoms with van der Waals surface area (Å²) in [6.45, 7) is 3.82. The summed E-state index contributed by atoms with van der Waals surface area (Å²) in [5.74, 6) is 0.472. The molecule has 0 radical (unpaired) electrons. The normalized spacial score (nSPS) is 17.1. The highest BCUT2D eigenvalue weighted by Gasteiger charge is 2.39. The number of nitro groups is 1. The summed E-state index contributed by atoms with van der Waals surface area (Å²) in [6.07, 6.45) is 0.887. The van der Waals surface area contributed by atoms with Crippen LogP contribution in [0.4, 0.5) is 17.2 Å². The molecule has 31 heavy (non-hydrogen) atoms. The van der Waals surface area contributed by atoms with Gasteiger partial charge >= 0.3 is 0 Å². The van der Waals surface area contributed by atoms with Crippen molar-refractivity contribution in [1.29, 1.82) is 0 Å². The molecule has 9 heteroatoms. The van der Waals surface area contributed by atoms with Crippen molar-refractivity contribution in [2.75, 3.05) is 10.6 Å². The van der Waals surface area contributed by atoms with Crippen LogP contribution in [0.5, 0.6) is 0 Å². The number of rotatable bonds is 6. The van der Waals surface area contributed by atoms with Crippen LogP contribution in [0.3, 0.4) is 0 Å². The van der Waals surface area contributed by atoms with Crippen molar-refractivity contribution in [3.05, 3.63) is 76.0 Å². The van der Waals surface area contributed by atoms with E-state index in [9.17, 15) is 19.7 Å². The zero-order chi connectivity index (χ0) is 22.1. The van der Waals surface area contributed by atoms with Gasteiger partial charge in [0.2, 0.25) is 5.91 Å². The molecule has 1 saturated carbocycles.